The van der Waals surface area contributed by atoms with Crippen LogP contribution in [0.1, 0.15) is 13.3 Å². The summed E-state index contributed by atoms with van der Waals surface area (Å²) in [4.78, 5) is 12.3. The molecule has 0 bridgehead atoms. The van der Waals surface area contributed by atoms with E-state index in [4.69, 9.17) is 0 Å². The first-order valence-corrected chi connectivity index (χ1v) is 6.64. The van der Waals surface area contributed by atoms with Gasteiger partial charge in [0.2, 0.25) is 7.83 Å². The molecule has 0 aliphatic heterocycles. The van der Waals surface area contributed by atoms with Gasteiger partial charge < -0.3 is 15.1 Å². The Morgan fingerprint density at radius 1 is 1.33 bits per heavy atom. The van der Waals surface area contributed by atoms with Crippen LogP contribution in [0.2, 0.25) is 0 Å². The molecule has 0 spiro atoms. The highest BCUT2D eigenvalue weighted by Crippen LogP contribution is 2.29. The van der Waals surface area contributed by atoms with E-state index in [1.54, 1.807) is 0 Å². The van der Waals surface area contributed by atoms with Gasteiger partial charge in [-0.05, 0) is 20.0 Å². The lowest BCUT2D eigenvalue weighted by Gasteiger charge is -2.23. The summed E-state index contributed by atoms with van der Waals surface area (Å²) in [5.41, 5.74) is 0. The highest BCUT2D eigenvalue weighted by molar-refractivity contribution is 7.48. The number of likely N-dealkylation sites (N-methyl/N-ethyl adjacent to an activating group) is 1. The first-order chi connectivity index (χ1) is 6.99. The summed E-state index contributed by atoms with van der Waals surface area (Å²) in [5.74, 6) is 0. The average molecular weight is 240 g/mol. The Morgan fingerprint density at radius 3 is 2.40 bits per heavy atom. The van der Waals surface area contributed by atoms with Crippen molar-refractivity contribution < 1.29 is 13.7 Å². The maximum absolute atomic E-state index is 12.1. The summed E-state index contributed by atoms with van der Waals surface area (Å²) < 4.78 is 22.3. The summed E-state index contributed by atoms with van der Waals surface area (Å²) in [7, 11) is -2.95. The zero-order valence-electron chi connectivity index (χ0n) is 9.33. The Kier molecular flexibility index (Phi) is 8.19. The molecule has 0 aliphatic rings. The zero-order valence-corrected chi connectivity index (χ0v) is 10.2. The Labute approximate surface area is 90.7 Å². The number of nitrogens with one attached hydrogen (secondary N) is 2. The summed E-state index contributed by atoms with van der Waals surface area (Å²) >= 11 is 0. The van der Waals surface area contributed by atoms with Crippen molar-refractivity contribution in [2.75, 3.05) is 39.8 Å². The van der Waals surface area contributed by atoms with Gasteiger partial charge in [0.25, 0.3) is 0 Å². The van der Waals surface area contributed by atoms with Crippen LogP contribution < -0.4 is 15.3 Å². The molecule has 0 aromatic carbocycles. The van der Waals surface area contributed by atoms with Crippen molar-refractivity contribution in [2.45, 2.75) is 13.3 Å². The monoisotopic (exact) mass is 240 g/mol. The van der Waals surface area contributed by atoms with E-state index in [1.807, 2.05) is 19.1 Å². The van der Waals surface area contributed by atoms with Crippen molar-refractivity contribution in [3.8, 4) is 0 Å². The zero-order chi connectivity index (χ0) is 11.7. The van der Waals surface area contributed by atoms with Crippen molar-refractivity contribution in [2.24, 2.45) is 0 Å². The number of hydrogen-bond acceptors (Lipinski definition) is 4. The highest BCUT2D eigenvalue weighted by Gasteiger charge is 2.06. The second kappa shape index (κ2) is 8.19. The maximum atomic E-state index is 12.1. The van der Waals surface area contributed by atoms with Gasteiger partial charge in [0.1, 0.15) is 0 Å². The molecule has 0 aromatic rings. The number of rotatable bonds is 9. The molecular formula is C8H20FN3O2P-. The van der Waals surface area contributed by atoms with Crippen LogP contribution >= 0.6 is 7.83 Å². The lowest BCUT2D eigenvalue weighted by molar-refractivity contribution is -0.189. The van der Waals surface area contributed by atoms with E-state index in [2.05, 4.69) is 10.2 Å². The van der Waals surface area contributed by atoms with Crippen LogP contribution in [0.15, 0.2) is 0 Å². The first-order valence-electron chi connectivity index (χ1n) is 5.12. The maximum Gasteiger partial charge on any atom is 0.247 e. The predicted octanol–water partition coefficient (Wildman–Crippen LogP) is -0.0547. The molecule has 0 saturated carbocycles. The van der Waals surface area contributed by atoms with Gasteiger partial charge >= 0.3 is 0 Å². The summed E-state index contributed by atoms with van der Waals surface area (Å²) in [6.07, 6.45) is 0.994. The number of nitrogens with zero attached hydrogens (tertiary/aromatic N) is 1. The molecule has 92 valence electrons. The molecule has 0 radical (unpaired) electrons. The van der Waals surface area contributed by atoms with Crippen LogP contribution in [0.4, 0.5) is 4.20 Å². The van der Waals surface area contributed by atoms with Gasteiger partial charge in [-0.25, -0.2) is 0 Å². The van der Waals surface area contributed by atoms with E-state index in [0.29, 0.717) is 6.54 Å². The van der Waals surface area contributed by atoms with Gasteiger partial charge in [-0.2, -0.15) is 4.20 Å². The van der Waals surface area contributed by atoms with Gasteiger partial charge in [0.15, 0.2) is 0 Å². The third kappa shape index (κ3) is 10.3. The van der Waals surface area contributed by atoms with Crippen LogP contribution in [0.3, 0.4) is 0 Å². The van der Waals surface area contributed by atoms with Crippen molar-refractivity contribution in [3.63, 3.8) is 0 Å². The van der Waals surface area contributed by atoms with Crippen molar-refractivity contribution in [1.29, 1.82) is 0 Å². The highest BCUT2D eigenvalue weighted by atomic mass is 31.2. The Hall–Kier alpha value is -0.0000000000000000278. The van der Waals surface area contributed by atoms with Crippen LogP contribution in [0.5, 0.6) is 0 Å². The molecule has 2 N–H and O–H groups in total. The van der Waals surface area contributed by atoms with Gasteiger partial charge in [-0.1, -0.05) is 6.92 Å². The SMILES string of the molecule is CCCN(CCNC)CCNP(=O)([O-])F. The number of halogens is 1. The molecule has 0 amide bonds. The molecule has 0 saturated heterocycles. The first kappa shape index (κ1) is 15.0. The molecular weight excluding hydrogens is 220 g/mol. The molecule has 7 heteroatoms. The quantitative estimate of drug-likeness (QED) is 0.553. The van der Waals surface area contributed by atoms with Crippen molar-refractivity contribution in [3.05, 3.63) is 0 Å². The third-order valence-electron chi connectivity index (χ3n) is 1.95. The van der Waals surface area contributed by atoms with Crippen LogP contribution in [0, 0.1) is 0 Å². The van der Waals surface area contributed by atoms with Gasteiger partial charge in [0, 0.05) is 26.2 Å². The molecule has 0 rings (SSSR count). The van der Waals surface area contributed by atoms with E-state index >= 15 is 0 Å². The van der Waals surface area contributed by atoms with Crippen LogP contribution in [-0.4, -0.2) is 44.7 Å². The lowest BCUT2D eigenvalue weighted by Crippen LogP contribution is -2.36. The van der Waals surface area contributed by atoms with E-state index in [9.17, 15) is 13.7 Å². The molecule has 15 heavy (non-hydrogen) atoms. The molecule has 0 heterocycles. The molecule has 1 unspecified atom stereocenters. The molecule has 5 nitrogen and oxygen atoms in total. The minimum atomic E-state index is -4.81. The normalized spacial score (nSPS) is 15.5. The second-order valence-electron chi connectivity index (χ2n) is 3.33. The smallest absolute Gasteiger partial charge is 0.247 e. The van der Waals surface area contributed by atoms with Crippen molar-refractivity contribution in [1.82, 2.24) is 15.3 Å². The predicted molar refractivity (Wildman–Crippen MR) is 57.4 cm³/mol. The fourth-order valence-electron chi connectivity index (χ4n) is 1.26. The van der Waals surface area contributed by atoms with Gasteiger partial charge in [0.05, 0.1) is 0 Å². The minimum Gasteiger partial charge on any atom is -0.763 e. The average Bonchev–Trinajstić information content (AvgIpc) is 2.12. The number of hydrogen-bond donors (Lipinski definition) is 2. The van der Waals surface area contributed by atoms with Gasteiger partial charge in [-0.3, -0.25) is 9.65 Å². The van der Waals surface area contributed by atoms with Crippen molar-refractivity contribution >= 4 is 7.83 Å². The van der Waals surface area contributed by atoms with E-state index in [0.717, 1.165) is 26.1 Å². The lowest BCUT2D eigenvalue weighted by atomic mass is 10.4. The molecule has 0 aliphatic carbocycles. The molecule has 0 aromatic heterocycles. The molecule has 0 fully saturated rings. The molecule has 1 atom stereocenters. The summed E-state index contributed by atoms with van der Waals surface area (Å²) in [6, 6.07) is 0. The largest absolute Gasteiger partial charge is 0.763 e. The van der Waals surface area contributed by atoms with Crippen LogP contribution in [-0.2, 0) is 4.57 Å². The van der Waals surface area contributed by atoms with E-state index in [-0.39, 0.29) is 6.54 Å². The van der Waals surface area contributed by atoms with Gasteiger partial charge in [-0.15, -0.1) is 0 Å². The fourth-order valence-corrected chi connectivity index (χ4v) is 1.63. The Morgan fingerprint density at radius 2 is 1.93 bits per heavy atom. The van der Waals surface area contributed by atoms with E-state index in [1.165, 1.54) is 0 Å². The third-order valence-corrected chi connectivity index (χ3v) is 2.55. The summed E-state index contributed by atoms with van der Waals surface area (Å²) in [6.45, 7) is 5.27. The standard InChI is InChI=1S/C8H21FN3O2P/c1-3-6-12(7-4-10-2)8-5-11-15(9,13)14/h10H,3-8H2,1-2H3,(H2,11,13,14)/p-1. The second-order valence-corrected chi connectivity index (χ2v) is 4.61. The van der Waals surface area contributed by atoms with Crippen LogP contribution in [0.25, 0.3) is 0 Å². The van der Waals surface area contributed by atoms with E-state index < -0.39 is 7.83 Å². The summed E-state index contributed by atoms with van der Waals surface area (Å²) in [5, 5.41) is 4.87. The Bertz CT molecular complexity index is 200. The minimum absolute atomic E-state index is 0.126. The fraction of sp³-hybridized carbons (Fsp3) is 1.00. The Balaban J connectivity index is 3.70. The topological polar surface area (TPSA) is 67.4 Å².